The fourth-order valence-corrected chi connectivity index (χ4v) is 3.50. The molecule has 1 aromatic rings. The van der Waals surface area contributed by atoms with Crippen LogP contribution in [0.3, 0.4) is 0 Å². The van der Waals surface area contributed by atoms with Gasteiger partial charge >= 0.3 is 0 Å². The molecule has 0 radical (unpaired) electrons. The lowest BCUT2D eigenvalue weighted by atomic mass is 10.1. The Labute approximate surface area is 148 Å². The normalized spacial score (nSPS) is 20.9. The van der Waals surface area contributed by atoms with Crippen LogP contribution in [0, 0.1) is 5.92 Å². The van der Waals surface area contributed by atoms with Crippen molar-refractivity contribution >= 4 is 23.4 Å². The van der Waals surface area contributed by atoms with Crippen LogP contribution in [0.4, 0.5) is 5.69 Å². The lowest BCUT2D eigenvalue weighted by Crippen LogP contribution is -2.35. The molecule has 6 heteroatoms. The Kier molecular flexibility index (Phi) is 5.36. The Balaban J connectivity index is 1.58. The number of hydrogen-bond acceptors (Lipinski definition) is 3. The molecule has 0 aliphatic carbocycles. The molecule has 0 unspecified atom stereocenters. The smallest absolute Gasteiger partial charge is 0.226 e. The van der Waals surface area contributed by atoms with Crippen LogP contribution >= 0.6 is 0 Å². The zero-order valence-electron chi connectivity index (χ0n) is 14.7. The van der Waals surface area contributed by atoms with E-state index in [0.29, 0.717) is 32.5 Å². The summed E-state index contributed by atoms with van der Waals surface area (Å²) in [6.45, 7) is 4.24. The van der Waals surface area contributed by atoms with Crippen LogP contribution in [0.15, 0.2) is 24.3 Å². The van der Waals surface area contributed by atoms with Crippen molar-refractivity contribution < 1.29 is 14.4 Å². The molecule has 2 fully saturated rings. The van der Waals surface area contributed by atoms with Gasteiger partial charge < -0.3 is 15.1 Å². The largest absolute Gasteiger partial charge is 0.352 e. The number of amides is 3. The highest BCUT2D eigenvalue weighted by molar-refractivity contribution is 5.94. The van der Waals surface area contributed by atoms with Crippen LogP contribution < -0.4 is 10.2 Å². The van der Waals surface area contributed by atoms with E-state index in [1.165, 1.54) is 0 Å². The van der Waals surface area contributed by atoms with Gasteiger partial charge in [-0.1, -0.05) is 12.1 Å². The monoisotopic (exact) mass is 343 g/mol. The molecule has 1 N–H and O–H groups in total. The summed E-state index contributed by atoms with van der Waals surface area (Å²) < 4.78 is 0. The molecule has 0 spiro atoms. The number of carbonyl (C=O) groups is 3. The second-order valence-corrected chi connectivity index (χ2v) is 6.72. The van der Waals surface area contributed by atoms with Crippen molar-refractivity contribution in [3.8, 4) is 0 Å². The number of anilines is 1. The number of nitrogens with zero attached hydrogens (tertiary/aromatic N) is 2. The van der Waals surface area contributed by atoms with E-state index >= 15 is 0 Å². The van der Waals surface area contributed by atoms with E-state index in [-0.39, 0.29) is 23.6 Å². The number of nitrogens with one attached hydrogen (secondary N) is 1. The lowest BCUT2D eigenvalue weighted by Gasteiger charge is -2.27. The summed E-state index contributed by atoms with van der Waals surface area (Å²) in [4.78, 5) is 39.7. The Bertz CT molecular complexity index is 674. The molecule has 6 nitrogen and oxygen atoms in total. The predicted octanol–water partition coefficient (Wildman–Crippen LogP) is 1.69. The van der Waals surface area contributed by atoms with Crippen molar-refractivity contribution in [1.29, 1.82) is 0 Å². The Morgan fingerprint density at radius 3 is 2.80 bits per heavy atom. The van der Waals surface area contributed by atoms with Gasteiger partial charge in [-0.25, -0.2) is 0 Å². The fraction of sp³-hybridized carbons (Fsp3) is 0.526. The molecule has 0 bridgehead atoms. The first-order valence-corrected chi connectivity index (χ1v) is 9.03. The summed E-state index contributed by atoms with van der Waals surface area (Å²) in [5.41, 5.74) is 1.85. The van der Waals surface area contributed by atoms with Crippen molar-refractivity contribution in [2.75, 3.05) is 24.5 Å². The minimum Gasteiger partial charge on any atom is -0.352 e. The quantitative estimate of drug-likeness (QED) is 0.884. The second kappa shape index (κ2) is 7.68. The molecular weight excluding hydrogens is 318 g/mol. The SMILES string of the molecule is CCN1C[C@@H](C(=O)NCc2cccc(N3CCCCC3=O)c2)CC1=O. The summed E-state index contributed by atoms with van der Waals surface area (Å²) in [5.74, 6) is -0.132. The van der Waals surface area contributed by atoms with E-state index in [9.17, 15) is 14.4 Å². The third kappa shape index (κ3) is 4.00. The average molecular weight is 343 g/mol. The summed E-state index contributed by atoms with van der Waals surface area (Å²) >= 11 is 0. The number of hydrogen-bond donors (Lipinski definition) is 1. The van der Waals surface area contributed by atoms with Crippen LogP contribution in [0.25, 0.3) is 0 Å². The van der Waals surface area contributed by atoms with Crippen LogP contribution in [0.5, 0.6) is 0 Å². The molecule has 2 heterocycles. The zero-order valence-corrected chi connectivity index (χ0v) is 14.7. The summed E-state index contributed by atoms with van der Waals surface area (Å²) in [7, 11) is 0. The number of rotatable bonds is 5. The predicted molar refractivity (Wildman–Crippen MR) is 94.9 cm³/mol. The highest BCUT2D eigenvalue weighted by atomic mass is 16.2. The van der Waals surface area contributed by atoms with Gasteiger partial charge in [-0.15, -0.1) is 0 Å². The van der Waals surface area contributed by atoms with Gasteiger partial charge in [0.2, 0.25) is 17.7 Å². The highest BCUT2D eigenvalue weighted by Gasteiger charge is 2.33. The minimum atomic E-state index is -0.265. The molecule has 1 aromatic carbocycles. The van der Waals surface area contributed by atoms with Crippen molar-refractivity contribution in [2.45, 2.75) is 39.2 Å². The molecule has 2 saturated heterocycles. The maximum atomic E-state index is 12.3. The molecule has 0 aromatic heterocycles. The first kappa shape index (κ1) is 17.5. The third-order valence-electron chi connectivity index (χ3n) is 4.98. The van der Waals surface area contributed by atoms with Gasteiger partial charge in [0.15, 0.2) is 0 Å². The number of carbonyl (C=O) groups excluding carboxylic acids is 3. The first-order chi connectivity index (χ1) is 12.1. The molecule has 25 heavy (non-hydrogen) atoms. The van der Waals surface area contributed by atoms with Gasteiger partial charge in [0.25, 0.3) is 0 Å². The van der Waals surface area contributed by atoms with Crippen LogP contribution in [0.2, 0.25) is 0 Å². The molecule has 2 aliphatic rings. The molecule has 2 aliphatic heterocycles. The standard InChI is InChI=1S/C19H25N3O3/c1-2-21-13-15(11-18(21)24)19(25)20-12-14-6-5-7-16(10-14)22-9-4-3-8-17(22)23/h5-7,10,15H,2-4,8-9,11-13H2,1H3,(H,20,25)/t15-/m0/s1. The molecular formula is C19H25N3O3. The van der Waals surface area contributed by atoms with Crippen molar-refractivity contribution in [3.05, 3.63) is 29.8 Å². The van der Waals surface area contributed by atoms with Crippen molar-refractivity contribution in [1.82, 2.24) is 10.2 Å². The zero-order chi connectivity index (χ0) is 17.8. The van der Waals surface area contributed by atoms with E-state index in [1.807, 2.05) is 36.1 Å². The fourth-order valence-electron chi connectivity index (χ4n) is 3.50. The second-order valence-electron chi connectivity index (χ2n) is 6.72. The van der Waals surface area contributed by atoms with E-state index < -0.39 is 0 Å². The van der Waals surface area contributed by atoms with Crippen LogP contribution in [0.1, 0.15) is 38.2 Å². The van der Waals surface area contributed by atoms with Gasteiger partial charge in [0.05, 0.1) is 5.92 Å². The average Bonchev–Trinajstić information content (AvgIpc) is 3.01. The topological polar surface area (TPSA) is 69.7 Å². The molecule has 134 valence electrons. The van der Waals surface area contributed by atoms with E-state index in [4.69, 9.17) is 0 Å². The summed E-state index contributed by atoms with van der Waals surface area (Å²) in [5, 5.41) is 2.93. The maximum Gasteiger partial charge on any atom is 0.226 e. The van der Waals surface area contributed by atoms with Gasteiger partial charge in [0, 0.05) is 44.7 Å². The Morgan fingerprint density at radius 1 is 1.24 bits per heavy atom. The summed E-state index contributed by atoms with van der Waals surface area (Å²) in [6, 6.07) is 7.75. The maximum absolute atomic E-state index is 12.3. The number of piperidine rings is 1. The van der Waals surface area contributed by atoms with Gasteiger partial charge in [-0.05, 0) is 37.5 Å². The van der Waals surface area contributed by atoms with E-state index in [0.717, 1.165) is 30.6 Å². The first-order valence-electron chi connectivity index (χ1n) is 9.03. The number of likely N-dealkylation sites (tertiary alicyclic amines) is 1. The molecule has 1 atom stereocenters. The highest BCUT2D eigenvalue weighted by Crippen LogP contribution is 2.22. The lowest BCUT2D eigenvalue weighted by molar-refractivity contribution is -0.128. The summed E-state index contributed by atoms with van der Waals surface area (Å²) in [6.07, 6.45) is 2.88. The van der Waals surface area contributed by atoms with Crippen molar-refractivity contribution in [2.24, 2.45) is 5.92 Å². The third-order valence-corrected chi connectivity index (χ3v) is 4.98. The van der Waals surface area contributed by atoms with Gasteiger partial charge in [-0.3, -0.25) is 14.4 Å². The minimum absolute atomic E-state index is 0.0493. The van der Waals surface area contributed by atoms with E-state index in [2.05, 4.69) is 5.32 Å². The molecule has 3 rings (SSSR count). The van der Waals surface area contributed by atoms with Crippen LogP contribution in [-0.4, -0.2) is 42.3 Å². The van der Waals surface area contributed by atoms with Crippen molar-refractivity contribution in [3.63, 3.8) is 0 Å². The Hall–Kier alpha value is -2.37. The van der Waals surface area contributed by atoms with Gasteiger partial charge in [0.1, 0.15) is 0 Å². The molecule has 0 saturated carbocycles. The van der Waals surface area contributed by atoms with E-state index in [1.54, 1.807) is 4.90 Å². The van der Waals surface area contributed by atoms with Crippen LogP contribution in [-0.2, 0) is 20.9 Å². The Morgan fingerprint density at radius 2 is 2.08 bits per heavy atom. The van der Waals surface area contributed by atoms with Gasteiger partial charge in [-0.2, -0.15) is 0 Å². The number of benzene rings is 1. The molecule has 3 amide bonds.